The van der Waals surface area contributed by atoms with Gasteiger partial charge >= 0.3 is 0 Å². The Kier molecular flexibility index (Phi) is 3.03. The van der Waals surface area contributed by atoms with Crippen LogP contribution < -0.4 is 5.32 Å². The van der Waals surface area contributed by atoms with Crippen molar-refractivity contribution in [3.63, 3.8) is 0 Å². The molecule has 2 atom stereocenters. The third-order valence-corrected chi connectivity index (χ3v) is 2.95. The molecule has 2 rings (SSSR count). The topological polar surface area (TPSA) is 32.3 Å². The molecule has 0 aromatic heterocycles. The zero-order valence-electron chi connectivity index (χ0n) is 8.83. The molecule has 0 saturated carbocycles. The second-order valence-electron chi connectivity index (χ2n) is 4.18. The molecule has 1 unspecified atom stereocenters. The Bertz CT molecular complexity index is 353. The second-order valence-corrected chi connectivity index (χ2v) is 4.18. The van der Waals surface area contributed by atoms with Crippen LogP contribution in [0.5, 0.6) is 0 Å². The summed E-state index contributed by atoms with van der Waals surface area (Å²) in [5, 5.41) is 12.3. The number of nitrogens with one attached hydrogen (secondary N) is 1. The highest BCUT2D eigenvalue weighted by Gasteiger charge is 2.23. The van der Waals surface area contributed by atoms with Gasteiger partial charge in [-0.15, -0.1) is 0 Å². The molecule has 2 nitrogen and oxygen atoms in total. The number of rotatable bonds is 3. The van der Waals surface area contributed by atoms with E-state index in [1.165, 1.54) is 11.6 Å². The van der Waals surface area contributed by atoms with Crippen LogP contribution in [0.2, 0.25) is 0 Å². The first kappa shape index (κ1) is 10.6. The maximum Gasteiger partial charge on any atom is 0.123 e. The molecule has 0 aliphatic heterocycles. The molecular formula is C12H16FNO. The third kappa shape index (κ3) is 2.19. The Morgan fingerprint density at radius 2 is 2.40 bits per heavy atom. The van der Waals surface area contributed by atoms with Gasteiger partial charge in [0.05, 0.1) is 6.61 Å². The smallest absolute Gasteiger partial charge is 0.123 e. The summed E-state index contributed by atoms with van der Waals surface area (Å²) >= 11 is 0. The van der Waals surface area contributed by atoms with Gasteiger partial charge in [0.15, 0.2) is 0 Å². The number of halogens is 1. The number of fused-ring (bicyclic) bond motifs is 1. The van der Waals surface area contributed by atoms with Crippen molar-refractivity contribution in [2.75, 3.05) is 6.61 Å². The van der Waals surface area contributed by atoms with E-state index in [1.807, 2.05) is 13.0 Å². The van der Waals surface area contributed by atoms with Gasteiger partial charge in [0.1, 0.15) is 5.82 Å². The van der Waals surface area contributed by atoms with Crippen molar-refractivity contribution in [1.29, 1.82) is 0 Å². The van der Waals surface area contributed by atoms with E-state index in [2.05, 4.69) is 5.32 Å². The largest absolute Gasteiger partial charge is 0.395 e. The van der Waals surface area contributed by atoms with Crippen LogP contribution in [0.25, 0.3) is 0 Å². The van der Waals surface area contributed by atoms with Crippen LogP contribution in [0.1, 0.15) is 30.5 Å². The molecule has 0 bridgehead atoms. The van der Waals surface area contributed by atoms with Gasteiger partial charge in [-0.25, -0.2) is 4.39 Å². The molecule has 0 heterocycles. The lowest BCUT2D eigenvalue weighted by atomic mass is 10.1. The summed E-state index contributed by atoms with van der Waals surface area (Å²) in [7, 11) is 0. The van der Waals surface area contributed by atoms with Crippen LogP contribution in [-0.4, -0.2) is 17.8 Å². The quantitative estimate of drug-likeness (QED) is 0.795. The average Bonchev–Trinajstić information content (AvgIpc) is 2.61. The van der Waals surface area contributed by atoms with Crippen LogP contribution in [0.4, 0.5) is 4.39 Å². The van der Waals surface area contributed by atoms with Crippen molar-refractivity contribution in [3.05, 3.63) is 35.1 Å². The lowest BCUT2D eigenvalue weighted by Gasteiger charge is -2.18. The summed E-state index contributed by atoms with van der Waals surface area (Å²) in [5.74, 6) is -0.181. The fourth-order valence-corrected chi connectivity index (χ4v) is 2.14. The first-order valence-electron chi connectivity index (χ1n) is 5.36. The highest BCUT2D eigenvalue weighted by atomic mass is 19.1. The van der Waals surface area contributed by atoms with Gasteiger partial charge in [0, 0.05) is 12.1 Å². The van der Waals surface area contributed by atoms with Gasteiger partial charge in [0.25, 0.3) is 0 Å². The lowest BCUT2D eigenvalue weighted by Crippen LogP contribution is -2.32. The monoisotopic (exact) mass is 209 g/mol. The van der Waals surface area contributed by atoms with Crippen molar-refractivity contribution in [3.8, 4) is 0 Å². The Hall–Kier alpha value is -0.930. The molecule has 1 aliphatic rings. The fraction of sp³-hybridized carbons (Fsp3) is 0.500. The summed E-state index contributed by atoms with van der Waals surface area (Å²) in [5.41, 5.74) is 2.27. The number of aliphatic hydroxyl groups is 1. The van der Waals surface area contributed by atoms with Crippen molar-refractivity contribution in [2.24, 2.45) is 0 Å². The predicted octanol–water partition coefficient (Wildman–Crippen LogP) is 1.78. The SMILES string of the molecule is C[C@@H](CO)NC1CCc2ccc(F)cc21. The minimum atomic E-state index is -0.181. The molecule has 15 heavy (non-hydrogen) atoms. The molecule has 0 spiro atoms. The van der Waals surface area contributed by atoms with E-state index in [0.717, 1.165) is 18.4 Å². The first-order valence-corrected chi connectivity index (χ1v) is 5.36. The van der Waals surface area contributed by atoms with Crippen LogP contribution in [0.3, 0.4) is 0 Å². The number of benzene rings is 1. The second kappa shape index (κ2) is 4.29. The van der Waals surface area contributed by atoms with Crippen LogP contribution >= 0.6 is 0 Å². The van der Waals surface area contributed by atoms with Crippen molar-refractivity contribution >= 4 is 0 Å². The molecule has 1 aromatic carbocycles. The zero-order valence-corrected chi connectivity index (χ0v) is 8.83. The molecule has 82 valence electrons. The van der Waals surface area contributed by atoms with E-state index < -0.39 is 0 Å². The van der Waals surface area contributed by atoms with Crippen LogP contribution in [-0.2, 0) is 6.42 Å². The van der Waals surface area contributed by atoms with E-state index in [-0.39, 0.29) is 24.5 Å². The lowest BCUT2D eigenvalue weighted by molar-refractivity contribution is 0.240. The molecule has 1 aliphatic carbocycles. The highest BCUT2D eigenvalue weighted by molar-refractivity contribution is 5.35. The molecule has 0 amide bonds. The molecule has 3 heteroatoms. The van der Waals surface area contributed by atoms with E-state index in [4.69, 9.17) is 5.11 Å². The Balaban J connectivity index is 2.16. The third-order valence-electron chi connectivity index (χ3n) is 2.95. The minimum absolute atomic E-state index is 0.0595. The molecule has 0 fully saturated rings. The Morgan fingerprint density at radius 1 is 1.60 bits per heavy atom. The van der Waals surface area contributed by atoms with Crippen molar-refractivity contribution < 1.29 is 9.50 Å². The van der Waals surface area contributed by atoms with E-state index in [1.54, 1.807) is 6.07 Å². The van der Waals surface area contributed by atoms with Crippen molar-refractivity contribution in [2.45, 2.75) is 31.8 Å². The van der Waals surface area contributed by atoms with Gasteiger partial charge in [-0.3, -0.25) is 0 Å². The highest BCUT2D eigenvalue weighted by Crippen LogP contribution is 2.31. The maximum absolute atomic E-state index is 13.1. The summed E-state index contributed by atoms with van der Waals surface area (Å²) in [4.78, 5) is 0. The molecule has 0 radical (unpaired) electrons. The van der Waals surface area contributed by atoms with Crippen LogP contribution in [0.15, 0.2) is 18.2 Å². The average molecular weight is 209 g/mol. The Labute approximate surface area is 89.1 Å². The van der Waals surface area contributed by atoms with Gasteiger partial charge in [-0.05, 0) is 43.0 Å². The van der Waals surface area contributed by atoms with Gasteiger partial charge in [-0.1, -0.05) is 6.07 Å². The summed E-state index contributed by atoms with van der Waals surface area (Å²) in [6.45, 7) is 2.04. The van der Waals surface area contributed by atoms with E-state index in [0.29, 0.717) is 0 Å². The van der Waals surface area contributed by atoms with Crippen LogP contribution in [0, 0.1) is 5.82 Å². The number of aryl methyl sites for hydroxylation is 1. The normalized spacial score (nSPS) is 21.4. The van der Waals surface area contributed by atoms with Gasteiger partial charge in [0.2, 0.25) is 0 Å². The standard InChI is InChI=1S/C12H16FNO/c1-8(7-15)14-12-5-3-9-2-4-10(13)6-11(9)12/h2,4,6,8,12,14-15H,3,5,7H2,1H3/t8-,12?/m0/s1. The number of aliphatic hydroxyl groups excluding tert-OH is 1. The molecule has 1 aromatic rings. The minimum Gasteiger partial charge on any atom is -0.395 e. The summed E-state index contributed by atoms with van der Waals surface area (Å²) in [6.07, 6.45) is 1.98. The van der Waals surface area contributed by atoms with Gasteiger partial charge < -0.3 is 10.4 Å². The first-order chi connectivity index (χ1) is 7.20. The van der Waals surface area contributed by atoms with E-state index >= 15 is 0 Å². The maximum atomic E-state index is 13.1. The molecule has 0 saturated heterocycles. The Morgan fingerprint density at radius 3 is 3.13 bits per heavy atom. The zero-order chi connectivity index (χ0) is 10.8. The summed E-state index contributed by atoms with van der Waals surface area (Å²) in [6, 6.07) is 5.22. The van der Waals surface area contributed by atoms with Gasteiger partial charge in [-0.2, -0.15) is 0 Å². The molecule has 2 N–H and O–H groups in total. The van der Waals surface area contributed by atoms with E-state index in [9.17, 15) is 4.39 Å². The predicted molar refractivity (Wildman–Crippen MR) is 57.1 cm³/mol. The number of hydrogen-bond donors (Lipinski definition) is 2. The fourth-order valence-electron chi connectivity index (χ4n) is 2.14. The van der Waals surface area contributed by atoms with Crippen molar-refractivity contribution in [1.82, 2.24) is 5.32 Å². The number of hydrogen-bond acceptors (Lipinski definition) is 2. The molecular weight excluding hydrogens is 193 g/mol. The summed E-state index contributed by atoms with van der Waals surface area (Å²) < 4.78 is 13.1.